The number of allylic oxidation sites excluding steroid dienone is 1. The number of Topliss-reactive ketones (excluding diaryl/α,β-unsaturated/α-hetero) is 1. The van der Waals surface area contributed by atoms with Crippen molar-refractivity contribution in [1.82, 2.24) is 0 Å². The highest BCUT2D eigenvalue weighted by molar-refractivity contribution is 7.87. The molecule has 0 N–H and O–H groups in total. The van der Waals surface area contributed by atoms with Crippen molar-refractivity contribution in [2.75, 3.05) is 6.61 Å². The molecule has 158 valence electrons. The molecular formula is C24H20O6S. The Labute approximate surface area is 180 Å². The van der Waals surface area contributed by atoms with Crippen LogP contribution in [0, 0.1) is 6.92 Å². The SMILES string of the molecule is CCOc1ccc(C=C2Oc3cc(OS(=O)(=O)c4ccc(C)cc4)ccc3C2=O)cc1. The van der Waals surface area contributed by atoms with E-state index in [2.05, 4.69) is 0 Å². The summed E-state index contributed by atoms with van der Waals surface area (Å²) < 4.78 is 41.3. The van der Waals surface area contributed by atoms with Gasteiger partial charge in [-0.25, -0.2) is 0 Å². The molecule has 4 rings (SSSR count). The van der Waals surface area contributed by atoms with Crippen LogP contribution in [0.15, 0.2) is 77.4 Å². The van der Waals surface area contributed by atoms with Gasteiger partial charge in [0.1, 0.15) is 22.1 Å². The zero-order chi connectivity index (χ0) is 22.0. The van der Waals surface area contributed by atoms with E-state index in [1.165, 1.54) is 30.3 Å². The molecule has 0 fully saturated rings. The summed E-state index contributed by atoms with van der Waals surface area (Å²) in [4.78, 5) is 12.7. The minimum absolute atomic E-state index is 0.0478. The molecule has 0 bridgehead atoms. The molecule has 7 heteroatoms. The van der Waals surface area contributed by atoms with Gasteiger partial charge in [0, 0.05) is 6.07 Å². The highest BCUT2D eigenvalue weighted by Gasteiger charge is 2.28. The molecule has 0 saturated carbocycles. The molecule has 0 spiro atoms. The monoisotopic (exact) mass is 436 g/mol. The van der Waals surface area contributed by atoms with Crippen LogP contribution in [0.1, 0.15) is 28.4 Å². The molecule has 1 aliphatic heterocycles. The van der Waals surface area contributed by atoms with Gasteiger partial charge in [0.05, 0.1) is 12.2 Å². The largest absolute Gasteiger partial charge is 0.494 e. The van der Waals surface area contributed by atoms with Crippen molar-refractivity contribution in [3.8, 4) is 17.2 Å². The second kappa shape index (κ2) is 8.28. The Balaban J connectivity index is 1.54. The van der Waals surface area contributed by atoms with E-state index < -0.39 is 10.1 Å². The first kappa shape index (κ1) is 20.7. The summed E-state index contributed by atoms with van der Waals surface area (Å²) in [5, 5.41) is 0. The summed E-state index contributed by atoms with van der Waals surface area (Å²) in [6.07, 6.45) is 1.63. The molecule has 0 unspecified atom stereocenters. The van der Waals surface area contributed by atoms with Gasteiger partial charge in [-0.2, -0.15) is 8.42 Å². The fourth-order valence-corrected chi connectivity index (χ4v) is 4.00. The second-order valence-electron chi connectivity index (χ2n) is 6.95. The maximum atomic E-state index is 12.6. The average Bonchev–Trinajstić information content (AvgIpc) is 3.04. The second-order valence-corrected chi connectivity index (χ2v) is 8.50. The number of hydrogen-bond donors (Lipinski definition) is 0. The zero-order valence-corrected chi connectivity index (χ0v) is 17.8. The first-order valence-electron chi connectivity index (χ1n) is 9.68. The summed E-state index contributed by atoms with van der Waals surface area (Å²) in [5.41, 5.74) is 2.06. The number of ketones is 1. The molecular weight excluding hydrogens is 416 g/mol. The normalized spacial score (nSPS) is 14.3. The number of aryl methyl sites for hydroxylation is 1. The third-order valence-electron chi connectivity index (χ3n) is 4.65. The van der Waals surface area contributed by atoms with Gasteiger partial charge in [-0.3, -0.25) is 4.79 Å². The van der Waals surface area contributed by atoms with Gasteiger partial charge in [-0.1, -0.05) is 29.8 Å². The topological polar surface area (TPSA) is 78.9 Å². The summed E-state index contributed by atoms with van der Waals surface area (Å²) in [5.74, 6) is 0.922. The van der Waals surface area contributed by atoms with Crippen LogP contribution in [-0.2, 0) is 10.1 Å². The van der Waals surface area contributed by atoms with Gasteiger partial charge < -0.3 is 13.7 Å². The van der Waals surface area contributed by atoms with Gasteiger partial charge in [0.2, 0.25) is 5.78 Å². The fraction of sp³-hybridized carbons (Fsp3) is 0.125. The molecule has 0 atom stereocenters. The van der Waals surface area contributed by atoms with Crippen LogP contribution < -0.4 is 13.7 Å². The maximum absolute atomic E-state index is 12.6. The molecule has 3 aromatic rings. The average molecular weight is 436 g/mol. The van der Waals surface area contributed by atoms with Crippen LogP contribution in [0.4, 0.5) is 0 Å². The van der Waals surface area contributed by atoms with Crippen LogP contribution in [-0.4, -0.2) is 20.8 Å². The van der Waals surface area contributed by atoms with E-state index in [-0.39, 0.29) is 27.9 Å². The number of hydrogen-bond acceptors (Lipinski definition) is 6. The predicted octanol–water partition coefficient (Wildman–Crippen LogP) is 4.78. The van der Waals surface area contributed by atoms with Crippen LogP contribution in [0.5, 0.6) is 17.2 Å². The lowest BCUT2D eigenvalue weighted by Crippen LogP contribution is -2.09. The number of benzene rings is 3. The van der Waals surface area contributed by atoms with Crippen molar-refractivity contribution in [2.45, 2.75) is 18.7 Å². The standard InChI is InChI=1S/C24H20O6S/c1-3-28-18-8-6-17(7-9-18)14-23-24(25)21-13-10-19(15-22(21)29-23)30-31(26,27)20-11-4-16(2)5-12-20/h4-15H,3H2,1-2H3. The van der Waals surface area contributed by atoms with E-state index in [1.807, 2.05) is 38.1 Å². The highest BCUT2D eigenvalue weighted by Crippen LogP contribution is 2.35. The fourth-order valence-electron chi connectivity index (χ4n) is 3.08. The Morgan fingerprint density at radius 1 is 0.935 bits per heavy atom. The number of ether oxygens (including phenoxy) is 2. The van der Waals surface area contributed by atoms with Crippen molar-refractivity contribution in [1.29, 1.82) is 0 Å². The quantitative estimate of drug-likeness (QED) is 0.409. The maximum Gasteiger partial charge on any atom is 0.339 e. The third-order valence-corrected chi connectivity index (χ3v) is 5.91. The van der Waals surface area contributed by atoms with E-state index in [0.29, 0.717) is 12.2 Å². The van der Waals surface area contributed by atoms with Gasteiger partial charge in [0.25, 0.3) is 0 Å². The Kier molecular flexibility index (Phi) is 5.52. The Morgan fingerprint density at radius 2 is 1.61 bits per heavy atom. The number of fused-ring (bicyclic) bond motifs is 1. The van der Waals surface area contributed by atoms with Gasteiger partial charge in [-0.05, 0) is 61.9 Å². The lowest BCUT2D eigenvalue weighted by Gasteiger charge is -2.08. The summed E-state index contributed by atoms with van der Waals surface area (Å²) in [6.45, 7) is 4.34. The van der Waals surface area contributed by atoms with Gasteiger partial charge >= 0.3 is 10.1 Å². The minimum atomic E-state index is -4.00. The minimum Gasteiger partial charge on any atom is -0.494 e. The first-order chi connectivity index (χ1) is 14.9. The highest BCUT2D eigenvalue weighted by atomic mass is 32.2. The van der Waals surface area contributed by atoms with Crippen molar-refractivity contribution >= 4 is 22.0 Å². The van der Waals surface area contributed by atoms with Crippen LogP contribution in [0.25, 0.3) is 6.08 Å². The number of carbonyl (C=O) groups is 1. The molecule has 31 heavy (non-hydrogen) atoms. The molecule has 3 aromatic carbocycles. The molecule has 0 aliphatic carbocycles. The number of carbonyl (C=O) groups excluding carboxylic acids is 1. The van der Waals surface area contributed by atoms with E-state index in [0.717, 1.165) is 16.9 Å². The molecule has 0 amide bonds. The summed E-state index contributed by atoms with van der Waals surface area (Å²) >= 11 is 0. The third kappa shape index (κ3) is 4.46. The van der Waals surface area contributed by atoms with Crippen LogP contribution in [0.3, 0.4) is 0 Å². The van der Waals surface area contributed by atoms with Crippen molar-refractivity contribution in [2.24, 2.45) is 0 Å². The molecule has 6 nitrogen and oxygen atoms in total. The zero-order valence-electron chi connectivity index (χ0n) is 17.0. The molecule has 0 saturated heterocycles. The summed E-state index contributed by atoms with van der Waals surface area (Å²) in [7, 11) is -4.00. The lowest BCUT2D eigenvalue weighted by atomic mass is 10.1. The smallest absolute Gasteiger partial charge is 0.339 e. The molecule has 1 aliphatic rings. The van der Waals surface area contributed by atoms with E-state index in [4.69, 9.17) is 13.7 Å². The lowest BCUT2D eigenvalue weighted by molar-refractivity contribution is 0.101. The van der Waals surface area contributed by atoms with E-state index >= 15 is 0 Å². The van der Waals surface area contributed by atoms with Crippen molar-refractivity contribution in [3.05, 3.63) is 89.2 Å². The number of rotatable bonds is 6. The molecule has 0 aromatic heterocycles. The van der Waals surface area contributed by atoms with Gasteiger partial charge in [0.15, 0.2) is 5.76 Å². The Bertz CT molecular complexity index is 1260. The van der Waals surface area contributed by atoms with Crippen molar-refractivity contribution in [3.63, 3.8) is 0 Å². The Morgan fingerprint density at radius 3 is 2.29 bits per heavy atom. The molecule has 1 heterocycles. The predicted molar refractivity (Wildman–Crippen MR) is 116 cm³/mol. The Hall–Kier alpha value is -3.58. The first-order valence-corrected chi connectivity index (χ1v) is 11.1. The van der Waals surface area contributed by atoms with Crippen LogP contribution >= 0.6 is 0 Å². The van der Waals surface area contributed by atoms with E-state index in [1.54, 1.807) is 18.2 Å². The van der Waals surface area contributed by atoms with Crippen LogP contribution in [0.2, 0.25) is 0 Å². The van der Waals surface area contributed by atoms with Gasteiger partial charge in [-0.15, -0.1) is 0 Å². The van der Waals surface area contributed by atoms with E-state index in [9.17, 15) is 13.2 Å². The van der Waals surface area contributed by atoms with Crippen molar-refractivity contribution < 1.29 is 26.9 Å². The molecule has 0 radical (unpaired) electrons. The summed E-state index contributed by atoms with van der Waals surface area (Å²) in [6, 6.07) is 17.9.